The van der Waals surface area contributed by atoms with Crippen LogP contribution in [0.2, 0.25) is 0 Å². The normalized spacial score (nSPS) is 18.9. The lowest BCUT2D eigenvalue weighted by Crippen LogP contribution is -2.52. The Bertz CT molecular complexity index is 867. The Hall–Kier alpha value is -2.93. The molecule has 1 saturated heterocycles. The van der Waals surface area contributed by atoms with Crippen LogP contribution in [0.4, 0.5) is 20.6 Å². The molecule has 0 radical (unpaired) electrons. The van der Waals surface area contributed by atoms with Crippen molar-refractivity contribution in [3.8, 4) is 0 Å². The number of halogens is 1. The first-order chi connectivity index (χ1) is 13.1. The van der Waals surface area contributed by atoms with Crippen LogP contribution in [-0.4, -0.2) is 44.2 Å². The van der Waals surface area contributed by atoms with E-state index in [0.29, 0.717) is 30.0 Å². The van der Waals surface area contributed by atoms with Gasteiger partial charge in [0, 0.05) is 31.2 Å². The molecular formula is C20H21FN4O2. The first kappa shape index (κ1) is 17.5. The second-order valence-electron chi connectivity index (χ2n) is 6.75. The van der Waals surface area contributed by atoms with Gasteiger partial charge >= 0.3 is 6.03 Å². The lowest BCUT2D eigenvalue weighted by Gasteiger charge is -2.37. The second-order valence-corrected chi connectivity index (χ2v) is 6.75. The van der Waals surface area contributed by atoms with E-state index in [2.05, 4.69) is 10.6 Å². The van der Waals surface area contributed by atoms with Gasteiger partial charge in [0.15, 0.2) is 0 Å². The van der Waals surface area contributed by atoms with Gasteiger partial charge in [-0.2, -0.15) is 0 Å². The zero-order chi connectivity index (χ0) is 18.8. The highest BCUT2D eigenvalue weighted by Crippen LogP contribution is 2.34. The van der Waals surface area contributed by atoms with Crippen LogP contribution in [0, 0.1) is 5.82 Å². The number of benzene rings is 2. The van der Waals surface area contributed by atoms with Crippen molar-refractivity contribution in [3.05, 3.63) is 59.9 Å². The molecule has 140 valence electrons. The number of hydrogen-bond donors (Lipinski definition) is 2. The molecule has 2 heterocycles. The molecule has 0 spiro atoms. The van der Waals surface area contributed by atoms with Crippen molar-refractivity contribution >= 4 is 23.3 Å². The number of fused-ring (bicyclic) bond motifs is 1. The monoisotopic (exact) mass is 368 g/mol. The molecule has 27 heavy (non-hydrogen) atoms. The molecule has 0 aliphatic carbocycles. The molecule has 0 unspecified atom stereocenters. The van der Waals surface area contributed by atoms with Crippen LogP contribution >= 0.6 is 0 Å². The van der Waals surface area contributed by atoms with Crippen LogP contribution in [0.1, 0.15) is 16.8 Å². The molecule has 1 atom stereocenters. The van der Waals surface area contributed by atoms with Crippen LogP contribution in [0.5, 0.6) is 0 Å². The van der Waals surface area contributed by atoms with E-state index in [1.807, 2.05) is 24.3 Å². The fourth-order valence-corrected chi connectivity index (χ4v) is 3.59. The van der Waals surface area contributed by atoms with Crippen molar-refractivity contribution in [2.45, 2.75) is 12.5 Å². The minimum absolute atomic E-state index is 0.122. The van der Waals surface area contributed by atoms with Gasteiger partial charge < -0.3 is 15.5 Å². The van der Waals surface area contributed by atoms with E-state index in [1.165, 1.54) is 18.2 Å². The summed E-state index contributed by atoms with van der Waals surface area (Å²) in [5, 5.41) is 6.27. The Morgan fingerprint density at radius 2 is 1.78 bits per heavy atom. The number of rotatable bonds is 2. The van der Waals surface area contributed by atoms with Gasteiger partial charge in [-0.15, -0.1) is 0 Å². The maximum absolute atomic E-state index is 13.5. The molecule has 3 amide bonds. The van der Waals surface area contributed by atoms with Crippen molar-refractivity contribution < 1.29 is 14.0 Å². The molecule has 2 aromatic rings. The van der Waals surface area contributed by atoms with Gasteiger partial charge in [0.25, 0.3) is 5.91 Å². The van der Waals surface area contributed by atoms with E-state index in [-0.39, 0.29) is 18.0 Å². The van der Waals surface area contributed by atoms with Crippen LogP contribution in [-0.2, 0) is 0 Å². The maximum Gasteiger partial charge on any atom is 0.322 e. The molecule has 0 bridgehead atoms. The third-order valence-corrected chi connectivity index (χ3v) is 4.96. The standard InChI is InChI=1S/C20H21FN4O2/c21-15-5-3-4-14(12-15)19(26)24-10-11-25(18-7-2-1-6-17(18)24)20(27)23-16-8-9-22-13-16/h1-7,12,16,22H,8-11,13H2,(H,23,27)/t16-/m1/s1. The van der Waals surface area contributed by atoms with Crippen molar-refractivity contribution in [2.24, 2.45) is 0 Å². The SMILES string of the molecule is O=C(N[C@@H]1CCNC1)N1CCN(C(=O)c2cccc(F)c2)c2ccccc21. The number of para-hydroxylation sites is 2. The van der Waals surface area contributed by atoms with E-state index in [9.17, 15) is 14.0 Å². The molecule has 0 saturated carbocycles. The number of hydrogen-bond acceptors (Lipinski definition) is 3. The summed E-state index contributed by atoms with van der Waals surface area (Å²) < 4.78 is 13.5. The summed E-state index contributed by atoms with van der Waals surface area (Å²) >= 11 is 0. The summed E-state index contributed by atoms with van der Waals surface area (Å²) in [7, 11) is 0. The number of amides is 3. The molecule has 7 heteroatoms. The highest BCUT2D eigenvalue weighted by atomic mass is 19.1. The Balaban J connectivity index is 1.59. The molecule has 1 fully saturated rings. The van der Waals surface area contributed by atoms with E-state index in [0.717, 1.165) is 19.5 Å². The predicted octanol–water partition coefficient (Wildman–Crippen LogP) is 2.36. The van der Waals surface area contributed by atoms with Crippen LogP contribution in [0.3, 0.4) is 0 Å². The first-order valence-corrected chi connectivity index (χ1v) is 9.09. The average molecular weight is 368 g/mol. The number of anilines is 2. The summed E-state index contributed by atoms with van der Waals surface area (Å²) in [6, 6.07) is 12.9. The van der Waals surface area contributed by atoms with Gasteiger partial charge in [0.05, 0.1) is 11.4 Å². The van der Waals surface area contributed by atoms with E-state index < -0.39 is 5.82 Å². The molecule has 0 aromatic heterocycles. The second kappa shape index (κ2) is 7.36. The van der Waals surface area contributed by atoms with Crippen molar-refractivity contribution in [2.75, 3.05) is 36.0 Å². The molecular weight excluding hydrogens is 347 g/mol. The average Bonchev–Trinajstić information content (AvgIpc) is 3.19. The summed E-state index contributed by atoms with van der Waals surface area (Å²) in [5.74, 6) is -0.723. The maximum atomic E-state index is 13.5. The third-order valence-electron chi connectivity index (χ3n) is 4.96. The topological polar surface area (TPSA) is 64.7 Å². The largest absolute Gasteiger partial charge is 0.334 e. The van der Waals surface area contributed by atoms with Crippen molar-refractivity contribution in [1.29, 1.82) is 0 Å². The summed E-state index contributed by atoms with van der Waals surface area (Å²) in [6.45, 7) is 2.40. The first-order valence-electron chi connectivity index (χ1n) is 9.09. The number of urea groups is 1. The molecule has 6 nitrogen and oxygen atoms in total. The molecule has 4 rings (SSSR count). The van der Waals surface area contributed by atoms with E-state index in [1.54, 1.807) is 15.9 Å². The smallest absolute Gasteiger partial charge is 0.322 e. The Kier molecular flexibility index (Phi) is 4.77. The van der Waals surface area contributed by atoms with Crippen LogP contribution < -0.4 is 20.4 Å². The highest BCUT2D eigenvalue weighted by Gasteiger charge is 2.31. The quantitative estimate of drug-likeness (QED) is 0.855. The Morgan fingerprint density at radius 3 is 2.48 bits per heavy atom. The third kappa shape index (κ3) is 3.50. The molecule has 2 N–H and O–H groups in total. The zero-order valence-electron chi connectivity index (χ0n) is 14.8. The van der Waals surface area contributed by atoms with Crippen LogP contribution in [0.25, 0.3) is 0 Å². The predicted molar refractivity (Wildman–Crippen MR) is 102 cm³/mol. The van der Waals surface area contributed by atoms with Gasteiger partial charge in [-0.3, -0.25) is 9.69 Å². The minimum Gasteiger partial charge on any atom is -0.334 e. The summed E-state index contributed by atoms with van der Waals surface area (Å²) in [4.78, 5) is 28.9. The molecule has 2 aliphatic heterocycles. The van der Waals surface area contributed by atoms with Crippen molar-refractivity contribution in [1.82, 2.24) is 10.6 Å². The number of nitrogens with zero attached hydrogens (tertiary/aromatic N) is 2. The highest BCUT2D eigenvalue weighted by molar-refractivity contribution is 6.10. The van der Waals surface area contributed by atoms with E-state index in [4.69, 9.17) is 0 Å². The summed E-state index contributed by atoms with van der Waals surface area (Å²) in [6.07, 6.45) is 0.908. The fraction of sp³-hybridized carbons (Fsp3) is 0.300. The number of nitrogens with one attached hydrogen (secondary N) is 2. The Labute approximate surface area is 157 Å². The lowest BCUT2D eigenvalue weighted by molar-refractivity contribution is 0.0986. The van der Waals surface area contributed by atoms with Gasteiger partial charge in [-0.05, 0) is 43.3 Å². The summed E-state index contributed by atoms with van der Waals surface area (Å²) in [5.41, 5.74) is 1.62. The fourth-order valence-electron chi connectivity index (χ4n) is 3.59. The molecule has 2 aliphatic rings. The Morgan fingerprint density at radius 1 is 1.04 bits per heavy atom. The van der Waals surface area contributed by atoms with Gasteiger partial charge in [-0.25, -0.2) is 9.18 Å². The van der Waals surface area contributed by atoms with Crippen LogP contribution in [0.15, 0.2) is 48.5 Å². The zero-order valence-corrected chi connectivity index (χ0v) is 14.8. The van der Waals surface area contributed by atoms with Gasteiger partial charge in [0.2, 0.25) is 0 Å². The number of carbonyl (C=O) groups is 2. The minimum atomic E-state index is -0.447. The lowest BCUT2D eigenvalue weighted by atomic mass is 10.1. The molecule has 2 aromatic carbocycles. The van der Waals surface area contributed by atoms with Gasteiger partial charge in [-0.1, -0.05) is 18.2 Å². The van der Waals surface area contributed by atoms with Crippen molar-refractivity contribution in [3.63, 3.8) is 0 Å². The number of carbonyl (C=O) groups excluding carboxylic acids is 2. The van der Waals surface area contributed by atoms with Gasteiger partial charge in [0.1, 0.15) is 5.82 Å². The van der Waals surface area contributed by atoms with E-state index >= 15 is 0 Å².